The molecule has 0 saturated carbocycles. The maximum absolute atomic E-state index is 11.9. The Morgan fingerprint density at radius 2 is 2.12 bits per heavy atom. The standard InChI is InChI=1S/C10H6Cl2N2O2/c11-6-1-2-8-7(5-6)9(16)14(3-4-15)10(12)13-8/h1-2,4-5H,3H2. The summed E-state index contributed by atoms with van der Waals surface area (Å²) < 4.78 is 1.09. The predicted molar refractivity (Wildman–Crippen MR) is 62.1 cm³/mol. The van der Waals surface area contributed by atoms with Crippen LogP contribution in [0.1, 0.15) is 0 Å². The second kappa shape index (κ2) is 4.23. The van der Waals surface area contributed by atoms with Crippen LogP contribution in [0.2, 0.25) is 10.3 Å². The first-order valence-corrected chi connectivity index (χ1v) is 5.18. The Bertz CT molecular complexity index is 622. The van der Waals surface area contributed by atoms with Crippen molar-refractivity contribution in [2.75, 3.05) is 0 Å². The van der Waals surface area contributed by atoms with Crippen LogP contribution < -0.4 is 5.56 Å². The largest absolute Gasteiger partial charge is 0.301 e. The Morgan fingerprint density at radius 3 is 2.81 bits per heavy atom. The molecule has 0 atom stereocenters. The van der Waals surface area contributed by atoms with Crippen LogP contribution in [0, 0.1) is 0 Å². The summed E-state index contributed by atoms with van der Waals surface area (Å²) in [5.74, 6) is 0. The monoisotopic (exact) mass is 256 g/mol. The fraction of sp³-hybridized carbons (Fsp3) is 0.100. The van der Waals surface area contributed by atoms with Gasteiger partial charge in [0.1, 0.15) is 6.29 Å². The lowest BCUT2D eigenvalue weighted by molar-refractivity contribution is -0.108. The van der Waals surface area contributed by atoms with Gasteiger partial charge in [0.15, 0.2) is 0 Å². The molecule has 0 saturated heterocycles. The predicted octanol–water partition coefficient (Wildman–Crippen LogP) is 1.90. The van der Waals surface area contributed by atoms with E-state index in [1.54, 1.807) is 12.1 Å². The molecule has 0 aliphatic carbocycles. The number of carbonyl (C=O) groups is 1. The molecule has 0 N–H and O–H groups in total. The highest BCUT2D eigenvalue weighted by molar-refractivity contribution is 6.31. The van der Waals surface area contributed by atoms with Gasteiger partial charge in [-0.15, -0.1) is 0 Å². The fourth-order valence-corrected chi connectivity index (χ4v) is 1.81. The van der Waals surface area contributed by atoms with Crippen molar-refractivity contribution in [2.24, 2.45) is 0 Å². The van der Waals surface area contributed by atoms with Crippen molar-refractivity contribution in [1.29, 1.82) is 0 Å². The zero-order valence-electron chi connectivity index (χ0n) is 7.98. The van der Waals surface area contributed by atoms with Gasteiger partial charge in [-0.25, -0.2) is 4.98 Å². The molecule has 0 amide bonds. The Kier molecular flexibility index (Phi) is 2.94. The first-order valence-electron chi connectivity index (χ1n) is 4.42. The number of fused-ring (bicyclic) bond motifs is 1. The molecule has 6 heteroatoms. The molecular formula is C10H6Cl2N2O2. The lowest BCUT2D eigenvalue weighted by Gasteiger charge is -2.05. The number of aldehydes is 1. The molecule has 0 spiro atoms. The molecule has 82 valence electrons. The minimum absolute atomic E-state index is 0.00748. The number of nitrogens with zero attached hydrogens (tertiary/aromatic N) is 2. The van der Waals surface area contributed by atoms with E-state index in [1.165, 1.54) is 6.07 Å². The topological polar surface area (TPSA) is 52.0 Å². The van der Waals surface area contributed by atoms with E-state index in [9.17, 15) is 9.59 Å². The van der Waals surface area contributed by atoms with Gasteiger partial charge in [-0.05, 0) is 29.8 Å². The molecule has 0 aliphatic heterocycles. The van der Waals surface area contributed by atoms with Crippen LogP contribution in [-0.4, -0.2) is 15.8 Å². The molecule has 1 aromatic carbocycles. The smallest absolute Gasteiger partial charge is 0.262 e. The summed E-state index contributed by atoms with van der Waals surface area (Å²) >= 11 is 11.6. The van der Waals surface area contributed by atoms with Crippen LogP contribution >= 0.6 is 23.2 Å². The molecule has 1 heterocycles. The number of aromatic nitrogens is 2. The minimum Gasteiger partial charge on any atom is -0.301 e. The summed E-state index contributed by atoms with van der Waals surface area (Å²) in [6.07, 6.45) is 0.589. The van der Waals surface area contributed by atoms with E-state index in [4.69, 9.17) is 23.2 Å². The van der Waals surface area contributed by atoms with Gasteiger partial charge in [0.05, 0.1) is 17.4 Å². The number of carbonyl (C=O) groups excluding carboxylic acids is 1. The molecular weight excluding hydrogens is 251 g/mol. The Morgan fingerprint density at radius 1 is 1.38 bits per heavy atom. The second-order valence-corrected chi connectivity index (χ2v) is 3.90. The summed E-state index contributed by atoms with van der Waals surface area (Å²) in [6.45, 7) is -0.118. The van der Waals surface area contributed by atoms with Crippen LogP contribution in [0.3, 0.4) is 0 Å². The summed E-state index contributed by atoms with van der Waals surface area (Å²) in [5, 5.41) is 0.775. The summed E-state index contributed by atoms with van der Waals surface area (Å²) in [6, 6.07) is 4.73. The quantitative estimate of drug-likeness (QED) is 0.609. The molecule has 0 fully saturated rings. The molecule has 2 rings (SSSR count). The van der Waals surface area contributed by atoms with E-state index < -0.39 is 0 Å². The molecule has 0 radical (unpaired) electrons. The van der Waals surface area contributed by atoms with Crippen molar-refractivity contribution < 1.29 is 4.79 Å². The van der Waals surface area contributed by atoms with Gasteiger partial charge >= 0.3 is 0 Å². The molecule has 0 aliphatic rings. The first-order chi connectivity index (χ1) is 7.63. The van der Waals surface area contributed by atoms with Gasteiger partial charge in [0, 0.05) is 5.02 Å². The molecule has 0 bridgehead atoms. The average molecular weight is 257 g/mol. The van der Waals surface area contributed by atoms with E-state index in [0.717, 1.165) is 4.57 Å². The van der Waals surface area contributed by atoms with Gasteiger partial charge in [-0.1, -0.05) is 11.6 Å². The van der Waals surface area contributed by atoms with Crippen molar-refractivity contribution >= 4 is 40.4 Å². The lowest BCUT2D eigenvalue weighted by atomic mass is 10.2. The van der Waals surface area contributed by atoms with E-state index >= 15 is 0 Å². The fourth-order valence-electron chi connectivity index (χ4n) is 1.40. The summed E-state index contributed by atoms with van der Waals surface area (Å²) in [4.78, 5) is 26.3. The van der Waals surface area contributed by atoms with E-state index in [1.807, 2.05) is 0 Å². The van der Waals surface area contributed by atoms with Gasteiger partial charge in [-0.2, -0.15) is 0 Å². The number of hydrogen-bond acceptors (Lipinski definition) is 3. The lowest BCUT2D eigenvalue weighted by Crippen LogP contribution is -2.22. The highest BCUT2D eigenvalue weighted by Gasteiger charge is 2.08. The zero-order valence-corrected chi connectivity index (χ0v) is 9.50. The SMILES string of the molecule is O=CCn1c(Cl)nc2ccc(Cl)cc2c1=O. The van der Waals surface area contributed by atoms with Crippen molar-refractivity contribution in [3.8, 4) is 0 Å². The van der Waals surface area contributed by atoms with Gasteiger partial charge in [-0.3, -0.25) is 9.36 Å². The first kappa shape index (κ1) is 11.1. The van der Waals surface area contributed by atoms with Crippen molar-refractivity contribution in [1.82, 2.24) is 9.55 Å². The maximum Gasteiger partial charge on any atom is 0.262 e. The van der Waals surface area contributed by atoms with Gasteiger partial charge < -0.3 is 4.79 Å². The summed E-state index contributed by atoms with van der Waals surface area (Å²) in [7, 11) is 0. The Labute approximate surface area is 100 Å². The minimum atomic E-state index is -0.371. The van der Waals surface area contributed by atoms with E-state index in [-0.39, 0.29) is 17.4 Å². The van der Waals surface area contributed by atoms with Crippen LogP contribution in [0.25, 0.3) is 10.9 Å². The van der Waals surface area contributed by atoms with Crippen LogP contribution in [-0.2, 0) is 11.3 Å². The third kappa shape index (κ3) is 1.81. The van der Waals surface area contributed by atoms with Crippen LogP contribution in [0.15, 0.2) is 23.0 Å². The van der Waals surface area contributed by atoms with Gasteiger partial charge in [0.25, 0.3) is 5.56 Å². The highest BCUT2D eigenvalue weighted by Crippen LogP contribution is 2.16. The van der Waals surface area contributed by atoms with Crippen molar-refractivity contribution in [2.45, 2.75) is 6.54 Å². The Balaban J connectivity index is 2.85. The van der Waals surface area contributed by atoms with Crippen molar-refractivity contribution in [3.05, 3.63) is 38.9 Å². The molecule has 4 nitrogen and oxygen atoms in total. The molecule has 2 aromatic rings. The molecule has 16 heavy (non-hydrogen) atoms. The second-order valence-electron chi connectivity index (χ2n) is 3.12. The third-order valence-electron chi connectivity index (χ3n) is 2.13. The van der Waals surface area contributed by atoms with Crippen LogP contribution in [0.5, 0.6) is 0 Å². The van der Waals surface area contributed by atoms with E-state index in [0.29, 0.717) is 22.2 Å². The highest BCUT2D eigenvalue weighted by atomic mass is 35.5. The van der Waals surface area contributed by atoms with Gasteiger partial charge in [0.2, 0.25) is 5.28 Å². The maximum atomic E-state index is 11.9. The normalized spacial score (nSPS) is 10.6. The zero-order chi connectivity index (χ0) is 11.7. The summed E-state index contributed by atoms with van der Waals surface area (Å²) in [5.41, 5.74) is 0.0890. The van der Waals surface area contributed by atoms with Crippen LogP contribution in [0.4, 0.5) is 0 Å². The number of rotatable bonds is 2. The number of halogens is 2. The van der Waals surface area contributed by atoms with E-state index in [2.05, 4.69) is 4.98 Å². The number of hydrogen-bond donors (Lipinski definition) is 0. The Hall–Kier alpha value is -1.39. The molecule has 1 aromatic heterocycles. The van der Waals surface area contributed by atoms with Crippen molar-refractivity contribution in [3.63, 3.8) is 0 Å². The molecule has 0 unspecified atom stereocenters. The third-order valence-corrected chi connectivity index (χ3v) is 2.65. The average Bonchev–Trinajstić information content (AvgIpc) is 2.26. The number of benzene rings is 1.